The summed E-state index contributed by atoms with van der Waals surface area (Å²) >= 11 is 0. The van der Waals surface area contributed by atoms with E-state index in [1.54, 1.807) is 18.3 Å². The third kappa shape index (κ3) is 2.37. The van der Waals surface area contributed by atoms with Gasteiger partial charge in [-0.2, -0.15) is 0 Å². The molecule has 2 N–H and O–H groups in total. The average Bonchev–Trinajstić information content (AvgIpc) is 2.28. The molecule has 0 radical (unpaired) electrons. The van der Waals surface area contributed by atoms with E-state index in [0.717, 1.165) is 5.69 Å². The van der Waals surface area contributed by atoms with Crippen molar-refractivity contribution in [2.75, 3.05) is 6.61 Å². The molecule has 5 nitrogen and oxygen atoms in total. The topological polar surface area (TPSA) is 75.5 Å². The molecule has 0 aliphatic carbocycles. The Morgan fingerprint density at radius 1 is 1.29 bits per heavy atom. The van der Waals surface area contributed by atoms with Crippen LogP contribution in [-0.2, 0) is 0 Å². The molecule has 0 unspecified atom stereocenters. The predicted octanol–water partition coefficient (Wildman–Crippen LogP) is 0.0167. The van der Waals surface area contributed by atoms with E-state index in [1.807, 2.05) is 13.8 Å². The number of hydrogen-bond donors (Lipinski definition) is 2. The summed E-state index contributed by atoms with van der Waals surface area (Å²) in [4.78, 5) is 8.50. The minimum atomic E-state index is -1.58. The smallest absolute Gasteiger partial charge is 0.492 e. The van der Waals surface area contributed by atoms with Crippen LogP contribution in [0.4, 0.5) is 0 Å². The maximum Gasteiger partial charge on any atom is 0.492 e. The molecule has 2 aromatic rings. The van der Waals surface area contributed by atoms with Crippen LogP contribution in [-0.4, -0.2) is 33.7 Å². The Morgan fingerprint density at radius 3 is 2.71 bits per heavy atom. The second kappa shape index (κ2) is 4.69. The van der Waals surface area contributed by atoms with Gasteiger partial charge < -0.3 is 14.8 Å². The second-order valence-electron chi connectivity index (χ2n) is 3.70. The van der Waals surface area contributed by atoms with Gasteiger partial charge in [-0.25, -0.2) is 4.98 Å². The van der Waals surface area contributed by atoms with Crippen molar-refractivity contribution in [3.63, 3.8) is 0 Å². The highest BCUT2D eigenvalue weighted by Gasteiger charge is 2.18. The van der Waals surface area contributed by atoms with Gasteiger partial charge in [-0.3, -0.25) is 4.98 Å². The third-order valence-corrected chi connectivity index (χ3v) is 2.37. The summed E-state index contributed by atoms with van der Waals surface area (Å²) in [6.07, 6.45) is 1.66. The molecule has 2 rings (SSSR count). The fourth-order valence-corrected chi connectivity index (χ4v) is 1.63. The molecule has 0 fully saturated rings. The monoisotopic (exact) mass is 232 g/mol. The first-order chi connectivity index (χ1) is 8.11. The zero-order valence-corrected chi connectivity index (χ0v) is 9.71. The maximum absolute atomic E-state index is 9.29. The van der Waals surface area contributed by atoms with Gasteiger partial charge in [0, 0.05) is 17.7 Å². The van der Waals surface area contributed by atoms with Crippen molar-refractivity contribution in [1.29, 1.82) is 0 Å². The average molecular weight is 232 g/mol. The normalized spacial score (nSPS) is 10.6. The third-order valence-electron chi connectivity index (χ3n) is 2.37. The molecule has 0 spiro atoms. The van der Waals surface area contributed by atoms with E-state index in [4.69, 9.17) is 4.74 Å². The molecular weight excluding hydrogens is 219 g/mol. The van der Waals surface area contributed by atoms with E-state index in [0.29, 0.717) is 28.9 Å². The zero-order valence-electron chi connectivity index (χ0n) is 9.71. The molecule has 0 aliphatic heterocycles. The Morgan fingerprint density at radius 2 is 2.06 bits per heavy atom. The minimum absolute atomic E-state index is 0.305. The highest BCUT2D eigenvalue weighted by molar-refractivity contribution is 6.60. The van der Waals surface area contributed by atoms with Crippen LogP contribution in [0.1, 0.15) is 12.6 Å². The summed E-state index contributed by atoms with van der Waals surface area (Å²) in [5.41, 5.74) is 2.37. The molecule has 0 amide bonds. The van der Waals surface area contributed by atoms with E-state index >= 15 is 0 Å². The van der Waals surface area contributed by atoms with Gasteiger partial charge in [0.2, 0.25) is 0 Å². The summed E-state index contributed by atoms with van der Waals surface area (Å²) in [5.74, 6) is 0.424. The van der Waals surface area contributed by atoms with E-state index in [2.05, 4.69) is 9.97 Å². The first-order valence-corrected chi connectivity index (χ1v) is 5.38. The van der Waals surface area contributed by atoms with Gasteiger partial charge in [0.05, 0.1) is 23.3 Å². The Kier molecular flexibility index (Phi) is 3.26. The standard InChI is InChI=1S/C11H13BN2O3/c1-3-17-11-5-9-10(4-8(11)12(15)16)14-7(2)6-13-9/h4-6,15-16H,3H2,1-2H3. The molecule has 88 valence electrons. The van der Waals surface area contributed by atoms with Crippen LogP contribution >= 0.6 is 0 Å². The van der Waals surface area contributed by atoms with E-state index in [1.165, 1.54) is 0 Å². The first-order valence-electron chi connectivity index (χ1n) is 5.38. The second-order valence-corrected chi connectivity index (χ2v) is 3.70. The number of aryl methyl sites for hydroxylation is 1. The number of aromatic nitrogens is 2. The fraction of sp³-hybridized carbons (Fsp3) is 0.273. The summed E-state index contributed by atoms with van der Waals surface area (Å²) in [6.45, 7) is 4.11. The molecule has 17 heavy (non-hydrogen) atoms. The van der Waals surface area contributed by atoms with Crippen LogP contribution in [0.5, 0.6) is 5.75 Å². The van der Waals surface area contributed by atoms with Crippen LogP contribution in [0.25, 0.3) is 11.0 Å². The lowest BCUT2D eigenvalue weighted by atomic mass is 9.79. The molecular formula is C11H13BN2O3. The zero-order chi connectivity index (χ0) is 12.4. The van der Waals surface area contributed by atoms with Gasteiger partial charge in [-0.1, -0.05) is 0 Å². The molecule has 0 bridgehead atoms. The molecule has 0 saturated heterocycles. The Bertz CT molecular complexity index is 545. The summed E-state index contributed by atoms with van der Waals surface area (Å²) < 4.78 is 5.35. The molecule has 0 aliphatic rings. The van der Waals surface area contributed by atoms with Gasteiger partial charge in [-0.15, -0.1) is 0 Å². The Balaban J connectivity index is 2.63. The molecule has 1 heterocycles. The van der Waals surface area contributed by atoms with Crippen molar-refractivity contribution in [1.82, 2.24) is 9.97 Å². The van der Waals surface area contributed by atoms with Gasteiger partial charge in [0.15, 0.2) is 0 Å². The number of fused-ring (bicyclic) bond motifs is 1. The van der Waals surface area contributed by atoms with E-state index < -0.39 is 7.12 Å². The fourth-order valence-electron chi connectivity index (χ4n) is 1.63. The molecule has 1 aromatic heterocycles. The number of nitrogens with zero attached hydrogens (tertiary/aromatic N) is 2. The van der Waals surface area contributed by atoms with Crippen molar-refractivity contribution in [3.05, 3.63) is 24.0 Å². The van der Waals surface area contributed by atoms with Crippen molar-refractivity contribution < 1.29 is 14.8 Å². The van der Waals surface area contributed by atoms with Gasteiger partial charge >= 0.3 is 7.12 Å². The van der Waals surface area contributed by atoms with Crippen LogP contribution in [0, 0.1) is 6.92 Å². The minimum Gasteiger partial charge on any atom is -0.494 e. The van der Waals surface area contributed by atoms with Crippen LogP contribution in [0.15, 0.2) is 18.3 Å². The number of benzene rings is 1. The quantitative estimate of drug-likeness (QED) is 0.729. The predicted molar refractivity (Wildman–Crippen MR) is 65.3 cm³/mol. The van der Waals surface area contributed by atoms with E-state index in [-0.39, 0.29) is 0 Å². The first kappa shape index (κ1) is 11.8. The highest BCUT2D eigenvalue weighted by Crippen LogP contribution is 2.16. The number of ether oxygens (including phenoxy) is 1. The maximum atomic E-state index is 9.29. The van der Waals surface area contributed by atoms with Crippen molar-refractivity contribution in [2.45, 2.75) is 13.8 Å². The lowest BCUT2D eigenvalue weighted by Gasteiger charge is -2.10. The molecule has 6 heteroatoms. The largest absolute Gasteiger partial charge is 0.494 e. The number of rotatable bonds is 3. The van der Waals surface area contributed by atoms with Crippen LogP contribution < -0.4 is 10.2 Å². The van der Waals surface area contributed by atoms with Crippen LogP contribution in [0.2, 0.25) is 0 Å². The summed E-state index contributed by atoms with van der Waals surface area (Å²) in [6, 6.07) is 3.26. The number of hydrogen-bond acceptors (Lipinski definition) is 5. The molecule has 0 atom stereocenters. The van der Waals surface area contributed by atoms with Crippen molar-refractivity contribution in [3.8, 4) is 5.75 Å². The van der Waals surface area contributed by atoms with Crippen molar-refractivity contribution in [2.24, 2.45) is 0 Å². The summed E-state index contributed by atoms with van der Waals surface area (Å²) in [7, 11) is -1.58. The van der Waals surface area contributed by atoms with Gasteiger partial charge in [-0.05, 0) is 19.9 Å². The van der Waals surface area contributed by atoms with E-state index in [9.17, 15) is 10.0 Å². The lowest BCUT2D eigenvalue weighted by Crippen LogP contribution is -2.31. The van der Waals surface area contributed by atoms with Gasteiger partial charge in [0.1, 0.15) is 5.75 Å². The van der Waals surface area contributed by atoms with Gasteiger partial charge in [0.25, 0.3) is 0 Å². The summed E-state index contributed by atoms with van der Waals surface area (Å²) in [5, 5.41) is 18.6. The van der Waals surface area contributed by atoms with Crippen LogP contribution in [0.3, 0.4) is 0 Å². The van der Waals surface area contributed by atoms with Crippen molar-refractivity contribution >= 4 is 23.6 Å². The Labute approximate surface area is 99.2 Å². The Hall–Kier alpha value is -1.66. The lowest BCUT2D eigenvalue weighted by molar-refractivity contribution is 0.340. The molecule has 1 aromatic carbocycles. The SMILES string of the molecule is CCOc1cc2ncc(C)nc2cc1B(O)O. The molecule has 0 saturated carbocycles. The highest BCUT2D eigenvalue weighted by atomic mass is 16.5.